The predicted octanol–water partition coefficient (Wildman–Crippen LogP) is 3.03. The summed E-state index contributed by atoms with van der Waals surface area (Å²) < 4.78 is 0. The molecular weight excluding hydrogens is 240 g/mol. The molecule has 0 heterocycles. The van der Waals surface area contributed by atoms with E-state index >= 15 is 0 Å². The standard InChI is InChI=1S/C16H22O3/c1-3-14-11(2)13(15(17)18)9-10-16(14,19)12-7-5-4-6-8-12/h4-8,11,13-14,19H,3,9-10H2,1-2H3,(H,17,18). The fraction of sp³-hybridized carbons (Fsp3) is 0.562. The molecule has 19 heavy (non-hydrogen) atoms. The van der Waals surface area contributed by atoms with Gasteiger partial charge >= 0.3 is 5.97 Å². The molecule has 0 aliphatic heterocycles. The molecule has 4 atom stereocenters. The average molecular weight is 262 g/mol. The highest BCUT2D eigenvalue weighted by Crippen LogP contribution is 2.48. The van der Waals surface area contributed by atoms with Crippen LogP contribution in [0.15, 0.2) is 30.3 Å². The monoisotopic (exact) mass is 262 g/mol. The van der Waals surface area contributed by atoms with Crippen molar-refractivity contribution in [2.24, 2.45) is 17.8 Å². The van der Waals surface area contributed by atoms with Crippen molar-refractivity contribution in [3.05, 3.63) is 35.9 Å². The van der Waals surface area contributed by atoms with E-state index in [9.17, 15) is 15.0 Å². The van der Waals surface area contributed by atoms with Crippen molar-refractivity contribution < 1.29 is 15.0 Å². The van der Waals surface area contributed by atoms with Crippen LogP contribution in [-0.4, -0.2) is 16.2 Å². The van der Waals surface area contributed by atoms with Gasteiger partial charge in [-0.05, 0) is 36.7 Å². The number of rotatable bonds is 3. The van der Waals surface area contributed by atoms with Crippen LogP contribution in [-0.2, 0) is 10.4 Å². The van der Waals surface area contributed by atoms with E-state index in [1.807, 2.05) is 44.2 Å². The van der Waals surface area contributed by atoms with E-state index in [0.29, 0.717) is 12.8 Å². The van der Waals surface area contributed by atoms with Crippen LogP contribution < -0.4 is 0 Å². The maximum absolute atomic E-state index is 11.3. The second-order valence-corrected chi connectivity index (χ2v) is 5.65. The molecule has 3 nitrogen and oxygen atoms in total. The minimum atomic E-state index is -0.888. The zero-order valence-corrected chi connectivity index (χ0v) is 11.5. The first-order valence-electron chi connectivity index (χ1n) is 7.01. The van der Waals surface area contributed by atoms with Crippen LogP contribution in [0.25, 0.3) is 0 Å². The van der Waals surface area contributed by atoms with Gasteiger partial charge in [-0.3, -0.25) is 4.79 Å². The second-order valence-electron chi connectivity index (χ2n) is 5.65. The van der Waals surface area contributed by atoms with E-state index in [0.717, 1.165) is 12.0 Å². The van der Waals surface area contributed by atoms with Gasteiger partial charge in [0.15, 0.2) is 0 Å². The average Bonchev–Trinajstić information content (AvgIpc) is 2.40. The molecule has 1 aromatic rings. The first-order chi connectivity index (χ1) is 9.00. The summed E-state index contributed by atoms with van der Waals surface area (Å²) in [6.07, 6.45) is 1.85. The fourth-order valence-electron chi connectivity index (χ4n) is 3.68. The molecule has 1 aliphatic rings. The summed E-state index contributed by atoms with van der Waals surface area (Å²) >= 11 is 0. The molecule has 0 spiro atoms. The second kappa shape index (κ2) is 5.33. The number of hydrogen-bond donors (Lipinski definition) is 2. The largest absolute Gasteiger partial charge is 0.481 e. The molecule has 4 unspecified atom stereocenters. The number of carboxylic acid groups (broad SMARTS) is 1. The summed E-state index contributed by atoms with van der Waals surface area (Å²) in [5.74, 6) is -1.10. The highest BCUT2D eigenvalue weighted by molar-refractivity contribution is 5.70. The predicted molar refractivity (Wildman–Crippen MR) is 73.6 cm³/mol. The van der Waals surface area contributed by atoms with Crippen LogP contribution in [0.2, 0.25) is 0 Å². The molecule has 1 aliphatic carbocycles. The van der Waals surface area contributed by atoms with E-state index in [1.165, 1.54) is 0 Å². The third kappa shape index (κ3) is 2.39. The zero-order chi connectivity index (χ0) is 14.0. The lowest BCUT2D eigenvalue weighted by atomic mass is 9.61. The molecule has 1 saturated carbocycles. The van der Waals surface area contributed by atoms with E-state index in [1.54, 1.807) is 0 Å². The Labute approximate surface area is 114 Å². The third-order valence-electron chi connectivity index (χ3n) is 4.75. The summed E-state index contributed by atoms with van der Waals surface area (Å²) in [6, 6.07) is 9.66. The Morgan fingerprint density at radius 3 is 2.53 bits per heavy atom. The van der Waals surface area contributed by atoms with Crippen molar-refractivity contribution in [1.82, 2.24) is 0 Å². The number of hydrogen-bond acceptors (Lipinski definition) is 2. The van der Waals surface area contributed by atoms with E-state index in [-0.39, 0.29) is 17.8 Å². The van der Waals surface area contributed by atoms with Gasteiger partial charge in [0.1, 0.15) is 0 Å². The van der Waals surface area contributed by atoms with Crippen molar-refractivity contribution >= 4 is 5.97 Å². The van der Waals surface area contributed by atoms with Gasteiger partial charge in [-0.25, -0.2) is 0 Å². The SMILES string of the molecule is CCC1C(C)C(C(=O)O)CCC1(O)c1ccccc1. The topological polar surface area (TPSA) is 57.5 Å². The van der Waals surface area contributed by atoms with Crippen LogP contribution in [0, 0.1) is 17.8 Å². The maximum Gasteiger partial charge on any atom is 0.306 e. The Hall–Kier alpha value is -1.35. The lowest BCUT2D eigenvalue weighted by Crippen LogP contribution is -2.47. The van der Waals surface area contributed by atoms with Crippen molar-refractivity contribution in [2.45, 2.75) is 38.7 Å². The van der Waals surface area contributed by atoms with E-state index in [2.05, 4.69) is 0 Å². The Kier molecular flexibility index (Phi) is 3.95. The molecule has 1 aromatic carbocycles. The summed E-state index contributed by atoms with van der Waals surface area (Å²) in [6.45, 7) is 3.99. The van der Waals surface area contributed by atoms with Gasteiger partial charge < -0.3 is 10.2 Å². The minimum Gasteiger partial charge on any atom is -0.481 e. The lowest BCUT2D eigenvalue weighted by molar-refractivity contribution is -0.154. The summed E-state index contributed by atoms with van der Waals surface area (Å²) in [5.41, 5.74) is 0.0269. The highest BCUT2D eigenvalue weighted by atomic mass is 16.4. The number of aliphatic hydroxyl groups is 1. The van der Waals surface area contributed by atoms with Crippen molar-refractivity contribution in [3.63, 3.8) is 0 Å². The van der Waals surface area contributed by atoms with Crippen LogP contribution >= 0.6 is 0 Å². The number of carboxylic acids is 1. The first kappa shape index (κ1) is 14.1. The van der Waals surface area contributed by atoms with Gasteiger partial charge in [-0.1, -0.05) is 44.2 Å². The number of aliphatic carboxylic acids is 1. The lowest BCUT2D eigenvalue weighted by Gasteiger charge is -2.46. The Balaban J connectivity index is 2.35. The molecule has 1 fully saturated rings. The Morgan fingerprint density at radius 2 is 2.00 bits per heavy atom. The third-order valence-corrected chi connectivity index (χ3v) is 4.75. The normalized spacial score (nSPS) is 35.0. The highest BCUT2D eigenvalue weighted by Gasteiger charge is 2.48. The quantitative estimate of drug-likeness (QED) is 0.880. The van der Waals surface area contributed by atoms with Crippen molar-refractivity contribution in [2.75, 3.05) is 0 Å². The summed E-state index contributed by atoms with van der Waals surface area (Å²) in [4.78, 5) is 11.3. The molecule has 0 amide bonds. The molecule has 0 bridgehead atoms. The maximum atomic E-state index is 11.3. The van der Waals surface area contributed by atoms with Gasteiger partial charge in [0.2, 0.25) is 0 Å². The van der Waals surface area contributed by atoms with Crippen LogP contribution in [0.1, 0.15) is 38.7 Å². The fourth-order valence-corrected chi connectivity index (χ4v) is 3.68. The van der Waals surface area contributed by atoms with Gasteiger partial charge in [-0.15, -0.1) is 0 Å². The minimum absolute atomic E-state index is 0.00949. The van der Waals surface area contributed by atoms with E-state index in [4.69, 9.17) is 0 Å². The summed E-state index contributed by atoms with van der Waals surface area (Å²) in [5, 5.41) is 20.4. The molecular formula is C16H22O3. The van der Waals surface area contributed by atoms with Gasteiger partial charge in [0.05, 0.1) is 11.5 Å². The molecule has 0 radical (unpaired) electrons. The van der Waals surface area contributed by atoms with Crippen LogP contribution in [0.3, 0.4) is 0 Å². The van der Waals surface area contributed by atoms with Gasteiger partial charge in [0, 0.05) is 0 Å². The van der Waals surface area contributed by atoms with Gasteiger partial charge in [-0.2, -0.15) is 0 Å². The van der Waals surface area contributed by atoms with Crippen LogP contribution in [0.5, 0.6) is 0 Å². The molecule has 104 valence electrons. The molecule has 0 saturated heterocycles. The van der Waals surface area contributed by atoms with Crippen molar-refractivity contribution in [1.29, 1.82) is 0 Å². The van der Waals surface area contributed by atoms with E-state index < -0.39 is 11.6 Å². The molecule has 3 heteroatoms. The van der Waals surface area contributed by atoms with Crippen molar-refractivity contribution in [3.8, 4) is 0 Å². The molecule has 0 aromatic heterocycles. The summed E-state index contributed by atoms with van der Waals surface area (Å²) in [7, 11) is 0. The smallest absolute Gasteiger partial charge is 0.306 e. The number of benzene rings is 1. The Bertz CT molecular complexity index is 443. The Morgan fingerprint density at radius 1 is 1.37 bits per heavy atom. The molecule has 2 N–H and O–H groups in total. The van der Waals surface area contributed by atoms with Crippen LogP contribution in [0.4, 0.5) is 0 Å². The molecule has 2 rings (SSSR count). The number of carbonyl (C=O) groups is 1. The van der Waals surface area contributed by atoms with Gasteiger partial charge in [0.25, 0.3) is 0 Å². The zero-order valence-electron chi connectivity index (χ0n) is 11.5. The first-order valence-corrected chi connectivity index (χ1v) is 7.01.